The quantitative estimate of drug-likeness (QED) is 0.742. The summed E-state index contributed by atoms with van der Waals surface area (Å²) in [5.41, 5.74) is 0.706. The van der Waals surface area contributed by atoms with Gasteiger partial charge in [0.2, 0.25) is 0 Å². The van der Waals surface area contributed by atoms with Gasteiger partial charge >= 0.3 is 6.09 Å². The maximum absolute atomic E-state index is 13.7. The zero-order chi connectivity index (χ0) is 20.3. The lowest BCUT2D eigenvalue weighted by molar-refractivity contribution is -0.130. The van der Waals surface area contributed by atoms with Crippen molar-refractivity contribution in [1.29, 1.82) is 0 Å². The monoisotopic (exact) mass is 393 g/mol. The predicted octanol–water partition coefficient (Wildman–Crippen LogP) is 3.77. The first-order valence-corrected chi connectivity index (χ1v) is 8.60. The van der Waals surface area contributed by atoms with Gasteiger partial charge in [0.05, 0.1) is 19.3 Å². The van der Waals surface area contributed by atoms with E-state index >= 15 is 0 Å². The Bertz CT molecular complexity index is 852. The number of nitrogens with zero attached hydrogens (tertiary/aromatic N) is 1. The molecule has 0 spiro atoms. The first-order chi connectivity index (χ1) is 13.4. The molecule has 148 valence electrons. The molecule has 2 aromatic rings. The normalized spacial score (nSPS) is 19.4. The summed E-state index contributed by atoms with van der Waals surface area (Å²) in [6.07, 6.45) is -0.831. The second-order valence-corrected chi connectivity index (χ2v) is 6.43. The van der Waals surface area contributed by atoms with Crippen LogP contribution in [0.4, 0.5) is 18.0 Å². The van der Waals surface area contributed by atoms with Crippen molar-refractivity contribution < 1.29 is 32.2 Å². The minimum absolute atomic E-state index is 0.0287. The van der Waals surface area contributed by atoms with E-state index in [2.05, 4.69) is 0 Å². The fraction of sp³-hybridized carbons (Fsp3) is 0.300. The van der Waals surface area contributed by atoms with E-state index in [1.807, 2.05) is 6.07 Å². The van der Waals surface area contributed by atoms with Crippen LogP contribution in [0.1, 0.15) is 24.1 Å². The summed E-state index contributed by atoms with van der Waals surface area (Å²) in [5, 5.41) is 0. The minimum atomic E-state index is -1.61. The van der Waals surface area contributed by atoms with E-state index in [-0.39, 0.29) is 31.2 Å². The van der Waals surface area contributed by atoms with Crippen molar-refractivity contribution in [3.8, 4) is 0 Å². The van der Waals surface area contributed by atoms with Gasteiger partial charge in [-0.05, 0) is 30.2 Å². The standard InChI is InChI=1S/C20H18F3NO4/c1-12(25)17-10-27-11-18(14-7-15(21)19(23)16(22)8-14)24(17)20(26)28-9-13-5-3-2-4-6-13/h2-8,17-18H,9-11H2,1H3. The Morgan fingerprint density at radius 1 is 1.11 bits per heavy atom. The van der Waals surface area contributed by atoms with Crippen LogP contribution >= 0.6 is 0 Å². The second-order valence-electron chi connectivity index (χ2n) is 6.43. The zero-order valence-electron chi connectivity index (χ0n) is 15.0. The molecule has 0 aliphatic carbocycles. The van der Waals surface area contributed by atoms with Crippen molar-refractivity contribution in [2.24, 2.45) is 0 Å². The summed E-state index contributed by atoms with van der Waals surface area (Å²) in [7, 11) is 0. The summed E-state index contributed by atoms with van der Waals surface area (Å²) >= 11 is 0. The molecule has 8 heteroatoms. The summed E-state index contributed by atoms with van der Waals surface area (Å²) in [4.78, 5) is 25.9. The van der Waals surface area contributed by atoms with Gasteiger partial charge in [0, 0.05) is 0 Å². The Kier molecular flexibility index (Phi) is 5.99. The SMILES string of the molecule is CC(=O)C1COCC(c2cc(F)c(F)c(F)c2)N1C(=O)OCc1ccccc1. The maximum atomic E-state index is 13.7. The highest BCUT2D eigenvalue weighted by atomic mass is 19.2. The van der Waals surface area contributed by atoms with Crippen LogP contribution in [-0.4, -0.2) is 36.0 Å². The number of benzene rings is 2. The van der Waals surface area contributed by atoms with Crippen LogP contribution in [0.15, 0.2) is 42.5 Å². The highest BCUT2D eigenvalue weighted by Gasteiger charge is 2.40. The van der Waals surface area contributed by atoms with Gasteiger partial charge in [-0.1, -0.05) is 30.3 Å². The third-order valence-corrected chi connectivity index (χ3v) is 4.50. The van der Waals surface area contributed by atoms with E-state index in [4.69, 9.17) is 9.47 Å². The van der Waals surface area contributed by atoms with Gasteiger partial charge in [-0.3, -0.25) is 9.69 Å². The van der Waals surface area contributed by atoms with Gasteiger partial charge in [0.25, 0.3) is 0 Å². The molecular formula is C20H18F3NO4. The smallest absolute Gasteiger partial charge is 0.411 e. The van der Waals surface area contributed by atoms with Crippen molar-refractivity contribution in [2.45, 2.75) is 25.6 Å². The van der Waals surface area contributed by atoms with E-state index in [0.717, 1.165) is 22.6 Å². The van der Waals surface area contributed by atoms with Crippen molar-refractivity contribution in [3.63, 3.8) is 0 Å². The fourth-order valence-corrected chi connectivity index (χ4v) is 3.05. The molecule has 0 N–H and O–H groups in total. The number of hydrogen-bond donors (Lipinski definition) is 0. The van der Waals surface area contributed by atoms with Crippen LogP contribution in [0, 0.1) is 17.5 Å². The molecule has 1 amide bonds. The maximum Gasteiger partial charge on any atom is 0.411 e. The van der Waals surface area contributed by atoms with E-state index in [1.165, 1.54) is 6.92 Å². The number of carbonyl (C=O) groups is 2. The number of halogens is 3. The summed E-state index contributed by atoms with van der Waals surface area (Å²) in [6.45, 7) is 1.05. The van der Waals surface area contributed by atoms with Crippen LogP contribution in [0.3, 0.4) is 0 Å². The summed E-state index contributed by atoms with van der Waals surface area (Å²) < 4.78 is 51.3. The molecule has 1 aliphatic rings. The number of ketones is 1. The fourth-order valence-electron chi connectivity index (χ4n) is 3.05. The Balaban J connectivity index is 1.89. The molecule has 0 bridgehead atoms. The first-order valence-electron chi connectivity index (χ1n) is 8.60. The number of hydrogen-bond acceptors (Lipinski definition) is 4. The van der Waals surface area contributed by atoms with Crippen molar-refractivity contribution in [1.82, 2.24) is 4.90 Å². The topological polar surface area (TPSA) is 55.8 Å². The number of rotatable bonds is 4. The third-order valence-electron chi connectivity index (χ3n) is 4.50. The Labute approximate surface area is 159 Å². The summed E-state index contributed by atoms with van der Waals surface area (Å²) in [5.74, 6) is -4.76. The predicted molar refractivity (Wildman–Crippen MR) is 92.8 cm³/mol. The zero-order valence-corrected chi connectivity index (χ0v) is 15.0. The lowest BCUT2D eigenvalue weighted by Crippen LogP contribution is -2.53. The molecule has 5 nitrogen and oxygen atoms in total. The molecule has 2 aromatic carbocycles. The van der Waals surface area contributed by atoms with Gasteiger partial charge in [0.15, 0.2) is 23.2 Å². The van der Waals surface area contributed by atoms with E-state index < -0.39 is 35.6 Å². The molecule has 0 radical (unpaired) electrons. The summed E-state index contributed by atoms with van der Waals surface area (Å²) in [6, 6.07) is 8.47. The van der Waals surface area contributed by atoms with Gasteiger partial charge in [-0.15, -0.1) is 0 Å². The van der Waals surface area contributed by atoms with Crippen LogP contribution in [0.5, 0.6) is 0 Å². The molecule has 1 heterocycles. The van der Waals surface area contributed by atoms with Crippen molar-refractivity contribution in [2.75, 3.05) is 13.2 Å². The van der Waals surface area contributed by atoms with Gasteiger partial charge in [0.1, 0.15) is 12.6 Å². The highest BCUT2D eigenvalue weighted by Crippen LogP contribution is 2.30. The number of carbonyl (C=O) groups excluding carboxylic acids is 2. The van der Waals surface area contributed by atoms with E-state index in [9.17, 15) is 22.8 Å². The molecule has 1 aliphatic heterocycles. The van der Waals surface area contributed by atoms with Crippen LogP contribution < -0.4 is 0 Å². The Hall–Kier alpha value is -2.87. The van der Waals surface area contributed by atoms with E-state index in [0.29, 0.717) is 0 Å². The number of amides is 1. The van der Waals surface area contributed by atoms with Crippen LogP contribution in [0.2, 0.25) is 0 Å². The molecule has 1 saturated heterocycles. The van der Waals surface area contributed by atoms with Crippen LogP contribution in [-0.2, 0) is 20.9 Å². The molecule has 2 atom stereocenters. The van der Waals surface area contributed by atoms with Gasteiger partial charge in [-0.2, -0.15) is 0 Å². The average molecular weight is 393 g/mol. The number of Topliss-reactive ketones (excluding diaryl/α,β-unsaturated/α-hetero) is 1. The molecule has 1 fully saturated rings. The highest BCUT2D eigenvalue weighted by molar-refractivity contribution is 5.86. The van der Waals surface area contributed by atoms with Crippen molar-refractivity contribution in [3.05, 3.63) is 71.0 Å². The second kappa shape index (κ2) is 8.43. The molecule has 3 rings (SSSR count). The third kappa shape index (κ3) is 4.17. The first kappa shape index (κ1) is 19.9. The Morgan fingerprint density at radius 2 is 1.75 bits per heavy atom. The minimum Gasteiger partial charge on any atom is -0.445 e. The molecule has 0 aromatic heterocycles. The molecule has 2 unspecified atom stereocenters. The Morgan fingerprint density at radius 3 is 2.36 bits per heavy atom. The molecule has 0 saturated carbocycles. The molecular weight excluding hydrogens is 375 g/mol. The lowest BCUT2D eigenvalue weighted by Gasteiger charge is -2.40. The van der Waals surface area contributed by atoms with Gasteiger partial charge < -0.3 is 9.47 Å². The van der Waals surface area contributed by atoms with Crippen LogP contribution in [0.25, 0.3) is 0 Å². The van der Waals surface area contributed by atoms with Gasteiger partial charge in [-0.25, -0.2) is 18.0 Å². The average Bonchev–Trinajstić information content (AvgIpc) is 2.70. The lowest BCUT2D eigenvalue weighted by atomic mass is 10.0. The number of ether oxygens (including phenoxy) is 2. The largest absolute Gasteiger partial charge is 0.445 e. The van der Waals surface area contributed by atoms with Crippen molar-refractivity contribution >= 4 is 11.9 Å². The number of morpholine rings is 1. The van der Waals surface area contributed by atoms with E-state index in [1.54, 1.807) is 24.3 Å². The molecule has 28 heavy (non-hydrogen) atoms.